The van der Waals surface area contributed by atoms with E-state index >= 15 is 0 Å². The van der Waals surface area contributed by atoms with E-state index in [2.05, 4.69) is 32.2 Å². The van der Waals surface area contributed by atoms with Crippen molar-refractivity contribution < 1.29 is 14.3 Å². The number of benzene rings is 3. The number of rotatable bonds is 8. The summed E-state index contributed by atoms with van der Waals surface area (Å²) in [6.07, 6.45) is 3.27. The third-order valence-electron chi connectivity index (χ3n) is 5.10. The molecule has 3 rings (SSSR count). The SMILES string of the molecule is COc1cc(/C=C/C(=O)Nc2ccc(C(C)C)cc2)ccc1OCc1ccccc1C. The zero-order chi connectivity index (χ0) is 22.2. The van der Waals surface area contributed by atoms with Crippen LogP contribution in [-0.2, 0) is 11.4 Å². The highest BCUT2D eigenvalue weighted by Gasteiger charge is 2.07. The summed E-state index contributed by atoms with van der Waals surface area (Å²) < 4.78 is 11.4. The maximum atomic E-state index is 12.3. The van der Waals surface area contributed by atoms with Gasteiger partial charge < -0.3 is 14.8 Å². The van der Waals surface area contributed by atoms with Crippen LogP contribution < -0.4 is 14.8 Å². The van der Waals surface area contributed by atoms with Crippen LogP contribution in [0.2, 0.25) is 0 Å². The van der Waals surface area contributed by atoms with E-state index in [-0.39, 0.29) is 5.91 Å². The molecule has 1 amide bonds. The van der Waals surface area contributed by atoms with Gasteiger partial charge in [-0.15, -0.1) is 0 Å². The monoisotopic (exact) mass is 415 g/mol. The van der Waals surface area contributed by atoms with Gasteiger partial charge in [0.05, 0.1) is 7.11 Å². The number of carbonyl (C=O) groups is 1. The van der Waals surface area contributed by atoms with Crippen molar-refractivity contribution >= 4 is 17.7 Å². The largest absolute Gasteiger partial charge is 0.493 e. The van der Waals surface area contributed by atoms with E-state index in [1.807, 2.05) is 60.7 Å². The molecule has 0 aliphatic rings. The van der Waals surface area contributed by atoms with Crippen molar-refractivity contribution in [3.63, 3.8) is 0 Å². The molecule has 0 bridgehead atoms. The summed E-state index contributed by atoms with van der Waals surface area (Å²) in [6.45, 7) is 6.82. The number of anilines is 1. The molecule has 1 N–H and O–H groups in total. The van der Waals surface area contributed by atoms with Crippen LogP contribution in [0.15, 0.2) is 72.8 Å². The third-order valence-corrected chi connectivity index (χ3v) is 5.10. The topological polar surface area (TPSA) is 47.6 Å². The lowest BCUT2D eigenvalue weighted by Gasteiger charge is -2.12. The Morgan fingerprint density at radius 2 is 1.74 bits per heavy atom. The van der Waals surface area contributed by atoms with Crippen molar-refractivity contribution in [2.45, 2.75) is 33.3 Å². The minimum absolute atomic E-state index is 0.184. The zero-order valence-corrected chi connectivity index (χ0v) is 18.5. The van der Waals surface area contributed by atoms with Crippen LogP contribution in [0.1, 0.15) is 42.0 Å². The first-order valence-electron chi connectivity index (χ1n) is 10.4. The molecule has 0 aromatic heterocycles. The van der Waals surface area contributed by atoms with Gasteiger partial charge in [0.15, 0.2) is 11.5 Å². The number of hydrogen-bond acceptors (Lipinski definition) is 3. The molecule has 0 fully saturated rings. The molecular weight excluding hydrogens is 386 g/mol. The molecular formula is C27H29NO3. The van der Waals surface area contributed by atoms with Crippen LogP contribution in [0.4, 0.5) is 5.69 Å². The summed E-state index contributed by atoms with van der Waals surface area (Å²) in [4.78, 5) is 12.3. The molecule has 0 aliphatic carbocycles. The van der Waals surface area contributed by atoms with Crippen molar-refractivity contribution in [2.75, 3.05) is 12.4 Å². The first-order valence-corrected chi connectivity index (χ1v) is 10.4. The molecule has 0 unspecified atom stereocenters. The molecule has 0 spiro atoms. The molecule has 0 radical (unpaired) electrons. The fraction of sp³-hybridized carbons (Fsp3) is 0.222. The Balaban J connectivity index is 1.62. The lowest BCUT2D eigenvalue weighted by Crippen LogP contribution is -2.07. The zero-order valence-electron chi connectivity index (χ0n) is 18.5. The smallest absolute Gasteiger partial charge is 0.248 e. The normalized spacial score (nSPS) is 11.0. The van der Waals surface area contributed by atoms with Crippen molar-refractivity contribution in [1.29, 1.82) is 0 Å². The summed E-state index contributed by atoms with van der Waals surface area (Å²) in [5.74, 6) is 1.57. The van der Waals surface area contributed by atoms with E-state index in [9.17, 15) is 4.79 Å². The van der Waals surface area contributed by atoms with Gasteiger partial charge in [-0.1, -0.05) is 56.3 Å². The van der Waals surface area contributed by atoms with E-state index < -0.39 is 0 Å². The Morgan fingerprint density at radius 1 is 1.00 bits per heavy atom. The highest BCUT2D eigenvalue weighted by molar-refractivity contribution is 6.01. The number of hydrogen-bond donors (Lipinski definition) is 1. The van der Waals surface area contributed by atoms with Crippen molar-refractivity contribution in [2.24, 2.45) is 0 Å². The van der Waals surface area contributed by atoms with E-state index in [1.165, 1.54) is 17.2 Å². The predicted molar refractivity (Wildman–Crippen MR) is 127 cm³/mol. The van der Waals surface area contributed by atoms with E-state index in [0.717, 1.165) is 16.8 Å². The second kappa shape index (κ2) is 10.5. The number of carbonyl (C=O) groups excluding carboxylic acids is 1. The van der Waals surface area contributed by atoms with Gasteiger partial charge in [-0.25, -0.2) is 0 Å². The first-order chi connectivity index (χ1) is 15.0. The fourth-order valence-electron chi connectivity index (χ4n) is 3.14. The fourth-order valence-corrected chi connectivity index (χ4v) is 3.14. The number of aryl methyl sites for hydroxylation is 1. The van der Waals surface area contributed by atoms with Gasteiger partial charge in [0.25, 0.3) is 0 Å². The van der Waals surface area contributed by atoms with Crippen LogP contribution in [0.5, 0.6) is 11.5 Å². The predicted octanol–water partition coefficient (Wildman–Crippen LogP) is 6.36. The maximum Gasteiger partial charge on any atom is 0.248 e. The van der Waals surface area contributed by atoms with Gasteiger partial charge in [-0.3, -0.25) is 4.79 Å². The second-order valence-corrected chi connectivity index (χ2v) is 7.72. The van der Waals surface area contributed by atoms with E-state index in [1.54, 1.807) is 13.2 Å². The molecule has 0 atom stereocenters. The summed E-state index contributed by atoms with van der Waals surface area (Å²) in [5.41, 5.74) is 5.19. The number of nitrogens with one attached hydrogen (secondary N) is 1. The van der Waals surface area contributed by atoms with Gasteiger partial charge in [0, 0.05) is 11.8 Å². The summed E-state index contributed by atoms with van der Waals surface area (Å²) >= 11 is 0. The molecule has 31 heavy (non-hydrogen) atoms. The molecule has 0 saturated carbocycles. The average molecular weight is 416 g/mol. The number of ether oxygens (including phenoxy) is 2. The van der Waals surface area contributed by atoms with Crippen molar-refractivity contribution in [1.82, 2.24) is 0 Å². The van der Waals surface area contributed by atoms with Crippen molar-refractivity contribution in [3.8, 4) is 11.5 Å². The summed E-state index contributed by atoms with van der Waals surface area (Å²) in [5, 5.41) is 2.88. The Kier molecular flexibility index (Phi) is 7.50. The molecule has 3 aromatic carbocycles. The maximum absolute atomic E-state index is 12.3. The Morgan fingerprint density at radius 3 is 2.42 bits per heavy atom. The number of amides is 1. The van der Waals surface area contributed by atoms with Crippen LogP contribution in [0.25, 0.3) is 6.08 Å². The van der Waals surface area contributed by atoms with Gasteiger partial charge in [-0.2, -0.15) is 0 Å². The van der Waals surface area contributed by atoms with Crippen LogP contribution in [0.3, 0.4) is 0 Å². The molecule has 160 valence electrons. The minimum Gasteiger partial charge on any atom is -0.493 e. The van der Waals surface area contributed by atoms with Crippen LogP contribution in [-0.4, -0.2) is 13.0 Å². The highest BCUT2D eigenvalue weighted by Crippen LogP contribution is 2.29. The molecule has 0 aliphatic heterocycles. The van der Waals surface area contributed by atoms with Gasteiger partial charge in [0.2, 0.25) is 5.91 Å². The van der Waals surface area contributed by atoms with E-state index in [4.69, 9.17) is 9.47 Å². The average Bonchev–Trinajstić information content (AvgIpc) is 2.77. The highest BCUT2D eigenvalue weighted by atomic mass is 16.5. The summed E-state index contributed by atoms with van der Waals surface area (Å²) in [7, 11) is 1.61. The lowest BCUT2D eigenvalue weighted by atomic mass is 10.0. The van der Waals surface area contributed by atoms with Gasteiger partial charge >= 0.3 is 0 Å². The molecule has 3 aromatic rings. The molecule has 4 heteroatoms. The lowest BCUT2D eigenvalue weighted by molar-refractivity contribution is -0.111. The third kappa shape index (κ3) is 6.22. The first kappa shape index (κ1) is 22.2. The van der Waals surface area contributed by atoms with Gasteiger partial charge in [-0.05, 0) is 65.4 Å². The van der Waals surface area contributed by atoms with Gasteiger partial charge in [0.1, 0.15) is 6.61 Å². The van der Waals surface area contributed by atoms with Crippen LogP contribution in [0, 0.1) is 6.92 Å². The Hall–Kier alpha value is -3.53. The number of methoxy groups -OCH3 is 1. The van der Waals surface area contributed by atoms with Crippen LogP contribution >= 0.6 is 0 Å². The molecule has 4 nitrogen and oxygen atoms in total. The quantitative estimate of drug-likeness (QED) is 0.436. The minimum atomic E-state index is -0.184. The van der Waals surface area contributed by atoms with E-state index in [0.29, 0.717) is 24.0 Å². The molecule has 0 saturated heterocycles. The summed E-state index contributed by atoms with van der Waals surface area (Å²) in [6, 6.07) is 21.6. The standard InChI is InChI=1S/C27H29NO3/c1-19(2)22-11-13-24(14-12-22)28-27(29)16-10-21-9-15-25(26(17-21)30-4)31-18-23-8-6-5-7-20(23)3/h5-17,19H,18H2,1-4H3,(H,28,29)/b16-10+. The Bertz CT molecular complexity index is 1050. The Labute approximate surface area is 184 Å². The van der Waals surface area contributed by atoms with Crippen molar-refractivity contribution in [3.05, 3.63) is 95.1 Å². The second-order valence-electron chi connectivity index (χ2n) is 7.72. The molecule has 0 heterocycles.